The maximum absolute atomic E-state index is 13.0. The number of rotatable bonds is 22. The molecule has 2 aliphatic heterocycles. The molecule has 2 aliphatic rings. The molecule has 318 valence electrons. The number of unbranched alkanes of at least 4 members (excludes halogenated alkanes) is 4. The Bertz CT molecular complexity index is 1260. The minimum absolute atomic E-state index is 0.0509. The molecule has 0 radical (unpaired) electrons. The van der Waals surface area contributed by atoms with E-state index in [1.807, 2.05) is 18.7 Å². The number of carboxylic acid groups (broad SMARTS) is 3. The van der Waals surface area contributed by atoms with Crippen molar-refractivity contribution in [1.82, 2.24) is 40.4 Å². The van der Waals surface area contributed by atoms with Gasteiger partial charge in [0.25, 0.3) is 7.48 Å². The first-order valence-electron chi connectivity index (χ1n) is 19.9. The lowest BCUT2D eigenvalue weighted by Gasteiger charge is -2.32. The van der Waals surface area contributed by atoms with E-state index in [0.717, 1.165) is 38.5 Å². The third-order valence-electron chi connectivity index (χ3n) is 10.1. The summed E-state index contributed by atoms with van der Waals surface area (Å²) in [5.74, 6) is -4.62. The monoisotopic (exact) mass is 796 g/mol. The minimum atomic E-state index is -1.03. The normalized spacial score (nSPS) is 19.3. The van der Waals surface area contributed by atoms with Crippen LogP contribution in [0.15, 0.2) is 0 Å². The molecule has 20 heteroatoms. The summed E-state index contributed by atoms with van der Waals surface area (Å²) in [5, 5.41) is 46.2. The molecule has 0 aromatic carbocycles. The zero-order valence-corrected chi connectivity index (χ0v) is 33.5. The number of aliphatic carboxylic acids is 3. The number of carbonyl (C=O) groups excluding carboxylic acids is 4. The van der Waals surface area contributed by atoms with Crippen LogP contribution in [0.25, 0.3) is 0 Å². The molecule has 0 aromatic rings. The number of amides is 4. The smallest absolute Gasteiger partial charge is 0.317 e. The number of nitrogens with zero attached hydrogens (tertiary/aromatic N) is 5. The van der Waals surface area contributed by atoms with Crippen LogP contribution < -0.4 is 16.0 Å². The second-order valence-corrected chi connectivity index (χ2v) is 15.2. The van der Waals surface area contributed by atoms with Crippen LogP contribution in [0.1, 0.15) is 72.1 Å². The van der Waals surface area contributed by atoms with Crippen molar-refractivity contribution in [3.8, 4) is 0 Å². The van der Waals surface area contributed by atoms with Crippen LogP contribution in [0, 0.1) is 5.92 Å². The van der Waals surface area contributed by atoms with Crippen molar-refractivity contribution in [3.05, 3.63) is 0 Å². The van der Waals surface area contributed by atoms with Gasteiger partial charge >= 0.3 is 17.9 Å². The average molecular weight is 797 g/mol. The topological polar surface area (TPSA) is 253 Å². The number of carbonyl (C=O) groups is 7. The van der Waals surface area contributed by atoms with Crippen LogP contribution in [0.3, 0.4) is 0 Å². The van der Waals surface area contributed by atoms with E-state index in [2.05, 4.69) is 16.0 Å². The molecule has 0 unspecified atom stereocenters. The van der Waals surface area contributed by atoms with Gasteiger partial charge in [0.1, 0.15) is 12.1 Å². The fraction of sp³-hybridized carbons (Fsp3) is 0.806. The summed E-state index contributed by atoms with van der Waals surface area (Å²) in [6, 6.07) is -1.58. The highest BCUT2D eigenvalue weighted by molar-refractivity contribution is 6.28. The number of carboxylic acids is 3. The van der Waals surface area contributed by atoms with Gasteiger partial charge in [0.05, 0.1) is 26.2 Å². The molecule has 3 atom stereocenters. The molecule has 2 rings (SSSR count). The zero-order chi connectivity index (χ0) is 41.6. The molecular weight excluding hydrogens is 731 g/mol. The van der Waals surface area contributed by atoms with Gasteiger partial charge in [-0.1, -0.05) is 33.1 Å². The van der Waals surface area contributed by atoms with Crippen LogP contribution in [-0.2, 0) is 33.6 Å². The average Bonchev–Trinajstić information content (AvgIpc) is 3.60. The summed E-state index contributed by atoms with van der Waals surface area (Å²) in [4.78, 5) is 94.4. The molecule has 4 amide bonds. The van der Waals surface area contributed by atoms with Gasteiger partial charge in [0.15, 0.2) is 0 Å². The summed E-state index contributed by atoms with van der Waals surface area (Å²) in [6.07, 6.45) is 5.59. The van der Waals surface area contributed by atoms with E-state index < -0.39 is 35.9 Å². The first kappa shape index (κ1) is 48.3. The molecule has 2 heterocycles. The van der Waals surface area contributed by atoms with Crippen LogP contribution in [0.5, 0.6) is 0 Å². The molecule has 7 N–H and O–H groups in total. The van der Waals surface area contributed by atoms with Crippen LogP contribution >= 0.6 is 0 Å². The van der Waals surface area contributed by atoms with Crippen molar-refractivity contribution >= 4 is 49.0 Å². The first-order chi connectivity index (χ1) is 26.6. The van der Waals surface area contributed by atoms with E-state index in [1.54, 1.807) is 26.5 Å². The Morgan fingerprint density at radius 3 is 1.55 bits per heavy atom. The van der Waals surface area contributed by atoms with Crippen molar-refractivity contribution in [2.75, 3.05) is 91.6 Å². The number of nitrogens with one attached hydrogen (secondary N) is 3. The predicted octanol–water partition coefficient (Wildman–Crippen LogP) is -2.14. The first-order valence-corrected chi connectivity index (χ1v) is 19.9. The lowest BCUT2D eigenvalue weighted by atomic mass is 9.86. The molecule has 0 spiro atoms. The highest BCUT2D eigenvalue weighted by atomic mass is 16.4. The Balaban J connectivity index is 1.75. The molecule has 56 heavy (non-hydrogen) atoms. The standard InChI is InChI=1S/C36H65BN8O11/c1-26(2)34(35(54)39-27(3)36(55)45-13-9-10-28(45)37-56)40-29(46)11-7-5-4-6-8-12-38-30(47)22-41-14-16-42(23-31(48)49)18-20-44(25-33(52)53)21-19-43(17-15-41)24-32(50)51/h26-28,34,37,56H,4-25H2,1-3H3,(H,38,47)(H,39,54)(H,40,46)(H,48,49)(H,50,51)(H,52,53)/t27-,28+,34+/m1/s1. The minimum Gasteiger partial charge on any atom is -0.480 e. The maximum Gasteiger partial charge on any atom is 0.317 e. The van der Waals surface area contributed by atoms with E-state index in [0.29, 0.717) is 71.9 Å². The van der Waals surface area contributed by atoms with Crippen LogP contribution in [0.4, 0.5) is 0 Å². The van der Waals surface area contributed by atoms with Crippen LogP contribution in [-0.4, -0.2) is 204 Å². The fourth-order valence-electron chi connectivity index (χ4n) is 6.92. The highest BCUT2D eigenvalue weighted by Crippen LogP contribution is 2.17. The third kappa shape index (κ3) is 19.3. The summed E-state index contributed by atoms with van der Waals surface area (Å²) in [5.41, 5.74) is 0. The fourth-order valence-corrected chi connectivity index (χ4v) is 6.92. The number of hydrogen-bond acceptors (Lipinski definition) is 12. The molecule has 2 fully saturated rings. The molecule has 0 bridgehead atoms. The third-order valence-corrected chi connectivity index (χ3v) is 10.1. The van der Waals surface area contributed by atoms with E-state index in [4.69, 9.17) is 0 Å². The van der Waals surface area contributed by atoms with E-state index in [-0.39, 0.29) is 69.7 Å². The lowest BCUT2D eigenvalue weighted by molar-refractivity contribution is -0.140. The Labute approximate surface area is 330 Å². The highest BCUT2D eigenvalue weighted by Gasteiger charge is 2.34. The van der Waals surface area contributed by atoms with Gasteiger partial charge in [0, 0.05) is 77.8 Å². The molecule has 2 saturated heterocycles. The number of likely N-dealkylation sites (tertiary alicyclic amines) is 1. The van der Waals surface area contributed by atoms with Gasteiger partial charge in [0.2, 0.25) is 23.6 Å². The van der Waals surface area contributed by atoms with E-state index in [9.17, 15) is 53.9 Å². The van der Waals surface area contributed by atoms with Crippen molar-refractivity contribution in [2.24, 2.45) is 5.92 Å². The van der Waals surface area contributed by atoms with Crippen molar-refractivity contribution in [3.63, 3.8) is 0 Å². The van der Waals surface area contributed by atoms with Gasteiger partial charge in [-0.3, -0.25) is 53.2 Å². The summed E-state index contributed by atoms with van der Waals surface area (Å²) >= 11 is 0. The predicted molar refractivity (Wildman–Crippen MR) is 208 cm³/mol. The second kappa shape index (κ2) is 26.1. The van der Waals surface area contributed by atoms with Crippen molar-refractivity contribution in [1.29, 1.82) is 0 Å². The SMILES string of the molecule is CC(C)[C@H](NC(=O)CCCCCCCNC(=O)CN1CCN(CC(=O)O)CCN(CC(=O)O)CCN(CC(=O)O)CC1)C(=O)N[C@H](C)C(=O)N1CCC[C@H]1BO. The molecule has 19 nitrogen and oxygen atoms in total. The largest absolute Gasteiger partial charge is 0.480 e. The van der Waals surface area contributed by atoms with Gasteiger partial charge in [-0.05, 0) is 38.5 Å². The molecule has 0 aliphatic carbocycles. The summed E-state index contributed by atoms with van der Waals surface area (Å²) in [7, 11) is -0.119. The lowest BCUT2D eigenvalue weighted by Crippen LogP contribution is -2.55. The van der Waals surface area contributed by atoms with Gasteiger partial charge in [-0.15, -0.1) is 0 Å². The molecule has 0 saturated carbocycles. The van der Waals surface area contributed by atoms with Gasteiger partial charge < -0.3 is 41.2 Å². The van der Waals surface area contributed by atoms with Gasteiger partial charge in [-0.2, -0.15) is 0 Å². The zero-order valence-electron chi connectivity index (χ0n) is 33.5. The Morgan fingerprint density at radius 2 is 1.09 bits per heavy atom. The van der Waals surface area contributed by atoms with Gasteiger partial charge in [-0.25, -0.2) is 0 Å². The maximum atomic E-state index is 13.0. The molecule has 0 aromatic heterocycles. The summed E-state index contributed by atoms with van der Waals surface area (Å²) in [6.45, 7) is 8.15. The van der Waals surface area contributed by atoms with E-state index >= 15 is 0 Å². The quantitative estimate of drug-likeness (QED) is 0.0456. The Hall–Kier alpha value is -3.85. The Morgan fingerprint density at radius 1 is 0.625 bits per heavy atom. The van der Waals surface area contributed by atoms with Crippen LogP contribution in [0.2, 0.25) is 0 Å². The number of hydrogen-bond donors (Lipinski definition) is 7. The summed E-state index contributed by atoms with van der Waals surface area (Å²) < 4.78 is 0. The van der Waals surface area contributed by atoms with E-state index in [1.165, 1.54) is 0 Å². The van der Waals surface area contributed by atoms with Crippen molar-refractivity contribution < 1.29 is 53.9 Å². The Kier molecular flexibility index (Phi) is 22.6. The van der Waals surface area contributed by atoms with Crippen molar-refractivity contribution in [2.45, 2.75) is 90.2 Å². The second-order valence-electron chi connectivity index (χ2n) is 15.2. The molecular formula is C36H65BN8O11.